The van der Waals surface area contributed by atoms with E-state index in [9.17, 15) is 15.0 Å². The van der Waals surface area contributed by atoms with Crippen molar-refractivity contribution < 1.29 is 19.4 Å². The van der Waals surface area contributed by atoms with E-state index in [0.717, 1.165) is 17.5 Å². The third-order valence-electron chi connectivity index (χ3n) is 3.63. The number of fused-ring (bicyclic) bond motifs is 1. The summed E-state index contributed by atoms with van der Waals surface area (Å²) in [4.78, 5) is 13.8. The molecule has 1 saturated heterocycles. The van der Waals surface area contributed by atoms with Crippen LogP contribution in [0.4, 0.5) is 0 Å². The van der Waals surface area contributed by atoms with E-state index in [1.165, 1.54) is 12.1 Å². The molecule has 112 valence electrons. The summed E-state index contributed by atoms with van der Waals surface area (Å²) in [6.45, 7) is 2.49. The van der Waals surface area contributed by atoms with Crippen LogP contribution < -0.4 is 5.63 Å². The third-order valence-corrected chi connectivity index (χ3v) is 3.63. The Balaban J connectivity index is 1.91. The number of hydrogen-bond acceptors (Lipinski definition) is 6. The molecule has 1 aliphatic rings. The Kier molecular flexibility index (Phi) is 3.92. The second-order valence-corrected chi connectivity index (χ2v) is 5.18. The monoisotopic (exact) mass is 291 g/mol. The summed E-state index contributed by atoms with van der Waals surface area (Å²) in [5, 5.41) is 19.5. The standard InChI is InChI=1S/C15H17NO5/c17-9-12-8-16(3-4-20-12)7-10-5-15(19)21-14-6-11(18)1-2-13(10)14/h1-2,5-6,12,17-18H,3-4,7-9H2. The molecular weight excluding hydrogens is 274 g/mol. The van der Waals surface area contributed by atoms with Crippen molar-refractivity contribution in [2.45, 2.75) is 12.6 Å². The summed E-state index contributed by atoms with van der Waals surface area (Å²) >= 11 is 0. The van der Waals surface area contributed by atoms with Crippen LogP contribution in [0.3, 0.4) is 0 Å². The van der Waals surface area contributed by atoms with E-state index in [2.05, 4.69) is 4.90 Å². The van der Waals surface area contributed by atoms with Gasteiger partial charge in [0.05, 0.1) is 19.3 Å². The Hall–Kier alpha value is -1.89. The second-order valence-electron chi connectivity index (χ2n) is 5.18. The van der Waals surface area contributed by atoms with Crippen LogP contribution in [-0.2, 0) is 11.3 Å². The lowest BCUT2D eigenvalue weighted by Crippen LogP contribution is -2.43. The van der Waals surface area contributed by atoms with Gasteiger partial charge in [-0.3, -0.25) is 4.90 Å². The molecule has 2 N–H and O–H groups in total. The van der Waals surface area contributed by atoms with Gasteiger partial charge in [-0.25, -0.2) is 4.79 Å². The SMILES string of the molecule is O=c1cc(CN2CCOC(CO)C2)c2ccc(O)cc2o1. The number of phenolic OH excluding ortho intramolecular Hbond substituents is 1. The lowest BCUT2D eigenvalue weighted by molar-refractivity contribution is -0.0550. The van der Waals surface area contributed by atoms with Crippen molar-refractivity contribution in [1.82, 2.24) is 4.90 Å². The quantitative estimate of drug-likeness (QED) is 0.810. The van der Waals surface area contributed by atoms with Crippen molar-refractivity contribution in [3.8, 4) is 5.75 Å². The smallest absolute Gasteiger partial charge is 0.336 e. The molecule has 2 aromatic rings. The molecule has 1 aromatic heterocycles. The van der Waals surface area contributed by atoms with Crippen molar-refractivity contribution >= 4 is 11.0 Å². The van der Waals surface area contributed by atoms with E-state index < -0.39 is 5.63 Å². The molecule has 3 rings (SSSR count). The van der Waals surface area contributed by atoms with Crippen molar-refractivity contribution in [2.75, 3.05) is 26.3 Å². The molecule has 0 saturated carbocycles. The van der Waals surface area contributed by atoms with Crippen LogP contribution in [0.2, 0.25) is 0 Å². The minimum Gasteiger partial charge on any atom is -0.508 e. The molecule has 0 radical (unpaired) electrons. The highest BCUT2D eigenvalue weighted by Crippen LogP contribution is 2.23. The minimum absolute atomic E-state index is 0.0119. The number of ether oxygens (including phenoxy) is 1. The summed E-state index contributed by atoms with van der Waals surface area (Å²) < 4.78 is 10.5. The fourth-order valence-corrected chi connectivity index (χ4v) is 2.62. The maximum atomic E-state index is 11.6. The molecule has 1 unspecified atom stereocenters. The number of phenols is 1. The average molecular weight is 291 g/mol. The number of aromatic hydroxyl groups is 1. The molecule has 21 heavy (non-hydrogen) atoms. The van der Waals surface area contributed by atoms with Crippen molar-refractivity contribution in [1.29, 1.82) is 0 Å². The minimum atomic E-state index is -0.435. The van der Waals surface area contributed by atoms with Gasteiger partial charge in [-0.15, -0.1) is 0 Å². The van der Waals surface area contributed by atoms with Crippen LogP contribution in [0.25, 0.3) is 11.0 Å². The Labute approximate surface area is 121 Å². The summed E-state index contributed by atoms with van der Waals surface area (Å²) in [5.41, 5.74) is 0.791. The van der Waals surface area contributed by atoms with Gasteiger partial charge in [-0.2, -0.15) is 0 Å². The summed E-state index contributed by atoms with van der Waals surface area (Å²) in [7, 11) is 0. The van der Waals surface area contributed by atoms with E-state index in [4.69, 9.17) is 9.15 Å². The van der Waals surface area contributed by atoms with Gasteiger partial charge >= 0.3 is 5.63 Å². The number of rotatable bonds is 3. The predicted octanol–water partition coefficient (Wildman–Crippen LogP) is 0.692. The third kappa shape index (κ3) is 3.07. The molecule has 0 bridgehead atoms. The lowest BCUT2D eigenvalue weighted by atomic mass is 10.1. The number of morpholine rings is 1. The van der Waals surface area contributed by atoms with Gasteiger partial charge in [0.1, 0.15) is 11.3 Å². The van der Waals surface area contributed by atoms with Crippen molar-refractivity contribution in [2.24, 2.45) is 0 Å². The number of aliphatic hydroxyl groups excluding tert-OH is 1. The maximum absolute atomic E-state index is 11.6. The zero-order chi connectivity index (χ0) is 14.8. The largest absolute Gasteiger partial charge is 0.508 e. The van der Waals surface area contributed by atoms with Crippen LogP contribution >= 0.6 is 0 Å². The fourth-order valence-electron chi connectivity index (χ4n) is 2.62. The van der Waals surface area contributed by atoms with Gasteiger partial charge in [-0.05, 0) is 17.7 Å². The van der Waals surface area contributed by atoms with E-state index in [0.29, 0.717) is 25.3 Å². The average Bonchev–Trinajstić information content (AvgIpc) is 2.46. The van der Waals surface area contributed by atoms with Gasteiger partial charge in [-0.1, -0.05) is 0 Å². The van der Waals surface area contributed by atoms with Crippen LogP contribution in [0.15, 0.2) is 33.5 Å². The highest BCUT2D eigenvalue weighted by molar-refractivity contribution is 5.81. The highest BCUT2D eigenvalue weighted by Gasteiger charge is 2.20. The first-order valence-electron chi connectivity index (χ1n) is 6.86. The van der Waals surface area contributed by atoms with Gasteiger partial charge < -0.3 is 19.4 Å². The zero-order valence-corrected chi connectivity index (χ0v) is 11.5. The molecular formula is C15H17NO5. The zero-order valence-electron chi connectivity index (χ0n) is 11.5. The molecule has 6 nitrogen and oxygen atoms in total. The molecule has 1 fully saturated rings. The Morgan fingerprint density at radius 2 is 2.19 bits per heavy atom. The summed E-state index contributed by atoms with van der Waals surface area (Å²) in [5.74, 6) is 0.0644. The number of aliphatic hydroxyl groups is 1. The first kappa shape index (κ1) is 14.1. The Morgan fingerprint density at radius 3 is 3.00 bits per heavy atom. The van der Waals surface area contributed by atoms with Crippen LogP contribution in [0, 0.1) is 0 Å². The van der Waals surface area contributed by atoms with Crippen molar-refractivity contribution in [3.05, 3.63) is 40.2 Å². The topological polar surface area (TPSA) is 83.1 Å². The Bertz CT molecular complexity index is 696. The highest BCUT2D eigenvalue weighted by atomic mass is 16.5. The normalized spacial score (nSPS) is 20.0. The van der Waals surface area contributed by atoms with Gasteiger partial charge in [0, 0.05) is 37.2 Å². The fraction of sp³-hybridized carbons (Fsp3) is 0.400. The number of hydrogen-bond donors (Lipinski definition) is 2. The lowest BCUT2D eigenvalue weighted by Gasteiger charge is -2.32. The van der Waals surface area contributed by atoms with Gasteiger partial charge in [0.15, 0.2) is 0 Å². The Morgan fingerprint density at radius 1 is 1.33 bits per heavy atom. The van der Waals surface area contributed by atoms with Crippen LogP contribution in [-0.4, -0.2) is 47.5 Å². The number of nitrogens with zero attached hydrogens (tertiary/aromatic N) is 1. The summed E-state index contributed by atoms with van der Waals surface area (Å²) in [6.07, 6.45) is -0.186. The molecule has 0 amide bonds. The summed E-state index contributed by atoms with van der Waals surface area (Å²) in [6, 6.07) is 6.23. The molecule has 2 heterocycles. The first-order valence-corrected chi connectivity index (χ1v) is 6.86. The molecule has 1 aliphatic heterocycles. The molecule has 0 aliphatic carbocycles. The van der Waals surface area contributed by atoms with Gasteiger partial charge in [0.2, 0.25) is 0 Å². The van der Waals surface area contributed by atoms with E-state index in [-0.39, 0.29) is 18.5 Å². The van der Waals surface area contributed by atoms with E-state index >= 15 is 0 Å². The van der Waals surface area contributed by atoms with Crippen LogP contribution in [0.1, 0.15) is 5.56 Å². The van der Waals surface area contributed by atoms with E-state index in [1.807, 2.05) is 0 Å². The maximum Gasteiger partial charge on any atom is 0.336 e. The predicted molar refractivity (Wildman–Crippen MR) is 76.3 cm³/mol. The first-order chi connectivity index (χ1) is 10.2. The van der Waals surface area contributed by atoms with E-state index in [1.54, 1.807) is 12.1 Å². The second kappa shape index (κ2) is 5.85. The molecule has 6 heteroatoms. The molecule has 1 aromatic carbocycles. The molecule has 0 spiro atoms. The van der Waals surface area contributed by atoms with Crippen molar-refractivity contribution in [3.63, 3.8) is 0 Å². The van der Waals surface area contributed by atoms with Crippen LogP contribution in [0.5, 0.6) is 5.75 Å². The van der Waals surface area contributed by atoms with Gasteiger partial charge in [0.25, 0.3) is 0 Å². The number of benzene rings is 1. The molecule has 1 atom stereocenters.